The zero-order valence-corrected chi connectivity index (χ0v) is 38.3. The Morgan fingerprint density at radius 2 is 0.667 bits per heavy atom. The van der Waals surface area contributed by atoms with Crippen molar-refractivity contribution in [1.82, 2.24) is 20.4 Å². The summed E-state index contributed by atoms with van der Waals surface area (Å²) in [5.74, 6) is -15.4. The molecule has 0 saturated carbocycles. The molecule has 0 aromatic heterocycles. The molecule has 0 aromatic rings. The summed E-state index contributed by atoms with van der Waals surface area (Å²) in [7, 11) is 0. The monoisotopic (exact) mass is 916 g/mol. The van der Waals surface area contributed by atoms with Gasteiger partial charge in [0.25, 0.3) is 0 Å². The van der Waals surface area contributed by atoms with E-state index in [9.17, 15) is 67.7 Å². The minimum absolute atomic E-state index is 0. The molecular formula is C30H46N8Na2O18S2. The maximum absolute atomic E-state index is 12.5. The second-order valence-electron chi connectivity index (χ2n) is 11.8. The molecule has 0 aliphatic rings. The van der Waals surface area contributed by atoms with Gasteiger partial charge in [-0.1, -0.05) is 0 Å². The topological polar surface area (TPSA) is 466 Å². The van der Waals surface area contributed by atoms with Crippen molar-refractivity contribution >= 4 is 96.5 Å². The van der Waals surface area contributed by atoms with Crippen LogP contribution in [0.2, 0.25) is 0 Å². The molecule has 14 N–H and O–H groups in total. The molecule has 0 heterocycles. The zero-order chi connectivity index (χ0) is 45.4. The third-order valence-electron chi connectivity index (χ3n) is 7.41. The maximum atomic E-state index is 12.5. The fraction of sp³-hybridized carbons (Fsp3) is 0.600. The Kier molecular flexibility index (Phi) is 35.0. The molecule has 6 amide bonds. The normalized spacial score (nSPS) is 13.2. The van der Waals surface area contributed by atoms with Crippen LogP contribution in [0.15, 0.2) is 0 Å². The van der Waals surface area contributed by atoms with Gasteiger partial charge in [-0.15, -0.1) is 0 Å². The van der Waals surface area contributed by atoms with Crippen LogP contribution in [0.1, 0.15) is 51.4 Å². The number of nitrogens with one attached hydrogen (secondary N) is 2. The Morgan fingerprint density at radius 1 is 0.467 bits per heavy atom. The number of carboxylic acid groups (broad SMARTS) is 6. The molecule has 0 aliphatic carbocycles. The van der Waals surface area contributed by atoms with Gasteiger partial charge in [0.15, 0.2) is 0 Å². The van der Waals surface area contributed by atoms with E-state index in [0.717, 1.165) is 0 Å². The van der Waals surface area contributed by atoms with Crippen LogP contribution < -0.4 is 103 Å². The number of nitrogens with two attached hydrogens (primary N) is 4. The van der Waals surface area contributed by atoms with Gasteiger partial charge in [0.05, 0.1) is 25.0 Å². The molecule has 0 radical (unpaired) electrons. The van der Waals surface area contributed by atoms with Crippen LogP contribution in [0.5, 0.6) is 0 Å². The van der Waals surface area contributed by atoms with Crippen LogP contribution in [0, 0.1) is 0 Å². The number of carbonyl (C=O) groups excluding carboxylic acids is 8. The van der Waals surface area contributed by atoms with Gasteiger partial charge >= 0.3 is 83.0 Å². The van der Waals surface area contributed by atoms with Gasteiger partial charge in [-0.05, 0) is 25.7 Å². The molecule has 328 valence electrons. The predicted octanol–water partition coefficient (Wildman–Crippen LogP) is -14.2. The van der Waals surface area contributed by atoms with Gasteiger partial charge in [0.2, 0.25) is 35.4 Å². The number of amides is 6. The van der Waals surface area contributed by atoms with E-state index in [4.69, 9.17) is 43.4 Å². The number of hydrogen-bond acceptors (Lipinski definition) is 20. The number of carbonyl (C=O) groups is 12. The molecule has 60 heavy (non-hydrogen) atoms. The Hall–Kier alpha value is -3.42. The maximum Gasteiger partial charge on any atom is 1.00 e. The van der Waals surface area contributed by atoms with Gasteiger partial charge < -0.3 is 73.8 Å². The minimum Gasteiger partial charge on any atom is -0.548 e. The van der Waals surface area contributed by atoms with E-state index in [-0.39, 0.29) is 96.3 Å². The number of aliphatic carboxylic acids is 6. The number of imide groups is 2. The molecule has 30 heteroatoms. The Balaban J connectivity index is -0.000000506. The Bertz CT molecular complexity index is 1370. The molecule has 0 fully saturated rings. The smallest absolute Gasteiger partial charge is 0.548 e. The van der Waals surface area contributed by atoms with Crippen LogP contribution in [0.4, 0.5) is 0 Å². The molecule has 0 aliphatic heterocycles. The van der Waals surface area contributed by atoms with E-state index in [1.807, 2.05) is 10.6 Å². The molecule has 0 saturated heterocycles. The van der Waals surface area contributed by atoms with Crippen molar-refractivity contribution in [2.45, 2.75) is 87.6 Å². The van der Waals surface area contributed by atoms with Gasteiger partial charge in [-0.25, -0.2) is 0 Å². The summed E-state index contributed by atoms with van der Waals surface area (Å²) < 4.78 is 0. The summed E-state index contributed by atoms with van der Waals surface area (Å²) in [6.07, 6.45) is -3.41. The first-order valence-corrected chi connectivity index (χ1v) is 17.9. The first-order chi connectivity index (χ1) is 26.8. The largest absolute Gasteiger partial charge is 1.00 e. The summed E-state index contributed by atoms with van der Waals surface area (Å²) in [5, 5.41) is 60.0. The van der Waals surface area contributed by atoms with Gasteiger partial charge in [-0.3, -0.25) is 57.7 Å². The number of rotatable bonds is 26. The van der Waals surface area contributed by atoms with Crippen LogP contribution in [0.25, 0.3) is 0 Å². The quantitative estimate of drug-likeness (QED) is 0.0283. The fourth-order valence-electron chi connectivity index (χ4n) is 4.18. The first-order valence-electron chi connectivity index (χ1n) is 16.6. The summed E-state index contributed by atoms with van der Waals surface area (Å²) in [6.45, 7) is -1.76. The first kappa shape index (κ1) is 63.2. The number of carboxylic acids is 6. The fourth-order valence-corrected chi connectivity index (χ4v) is 4.84. The van der Waals surface area contributed by atoms with Crippen molar-refractivity contribution in [3.8, 4) is 0 Å². The van der Waals surface area contributed by atoms with E-state index >= 15 is 0 Å². The average Bonchev–Trinajstić information content (AvgIpc) is 3.15. The summed E-state index contributed by atoms with van der Waals surface area (Å²) in [5.41, 5.74) is 21.3. The Morgan fingerprint density at radius 3 is 0.817 bits per heavy atom. The van der Waals surface area contributed by atoms with Crippen LogP contribution in [-0.4, -0.2) is 162 Å². The molecule has 0 rings (SSSR count). The van der Waals surface area contributed by atoms with E-state index in [2.05, 4.69) is 25.3 Å². The van der Waals surface area contributed by atoms with E-state index < -0.39 is 146 Å². The molecule has 0 bridgehead atoms. The number of hydrogen-bond donors (Lipinski definition) is 12. The summed E-state index contributed by atoms with van der Waals surface area (Å²) >= 11 is 7.81. The van der Waals surface area contributed by atoms with Crippen LogP contribution in [0.3, 0.4) is 0 Å². The summed E-state index contributed by atoms with van der Waals surface area (Å²) in [6, 6.07) is -8.62. The summed E-state index contributed by atoms with van der Waals surface area (Å²) in [4.78, 5) is 139. The van der Waals surface area contributed by atoms with Gasteiger partial charge in [0.1, 0.15) is 36.3 Å². The number of nitrogens with zero attached hydrogens (tertiary/aromatic N) is 2. The molecular weight excluding hydrogens is 870 g/mol. The van der Waals surface area contributed by atoms with E-state index in [1.165, 1.54) is 0 Å². The van der Waals surface area contributed by atoms with Gasteiger partial charge in [0, 0.05) is 37.2 Å². The molecule has 0 aromatic carbocycles. The van der Waals surface area contributed by atoms with Crippen molar-refractivity contribution in [2.75, 3.05) is 24.6 Å². The van der Waals surface area contributed by atoms with Crippen LogP contribution >= 0.6 is 25.3 Å². The van der Waals surface area contributed by atoms with Crippen molar-refractivity contribution in [2.24, 2.45) is 22.9 Å². The van der Waals surface area contributed by atoms with Gasteiger partial charge in [-0.2, -0.15) is 25.3 Å². The minimum atomic E-state index is -1.61. The van der Waals surface area contributed by atoms with E-state index in [0.29, 0.717) is 9.80 Å². The SMILES string of the molecule is N[C@@H](CCC(=O)N(C(=O)CC[C@H](N)C(=O)O)[C@@H](CS)C(=O)NCC(=O)[O-])C(=O)O.N[C@@H](CCC(=O)N(C(=O)CC[C@H](N)C(=O)O)[C@@H](CS)C(=O)NCC(=O)[O-])C(=O)O.[Na+].[Na+]. The average molecular weight is 917 g/mol. The van der Waals surface area contributed by atoms with Crippen molar-refractivity contribution < 1.29 is 147 Å². The standard InChI is InChI=1S/2C15H24N4O9S.2Na/c2*16-7(14(25)26)1-3-10(20)19(11(21)4-2-8(17)15(27)28)9(6-29)13(24)18-5-12(22)23;;/h2*7-9,29H,1-6,16-17H2,(H,18,24)(H,22,23)(H,25,26)(H,27,28);;/q;;2*+1/p-2/t2*7-,8-,9-;;/m00../s1. The van der Waals surface area contributed by atoms with Crippen LogP contribution in [-0.2, 0) is 57.5 Å². The second kappa shape index (κ2) is 33.2. The molecule has 0 unspecified atom stereocenters. The molecule has 6 atom stereocenters. The molecule has 0 spiro atoms. The second-order valence-corrected chi connectivity index (χ2v) is 12.6. The number of thiol groups is 2. The third-order valence-corrected chi connectivity index (χ3v) is 8.10. The van der Waals surface area contributed by atoms with Crippen molar-refractivity contribution in [1.29, 1.82) is 0 Å². The third kappa shape index (κ3) is 25.4. The van der Waals surface area contributed by atoms with E-state index in [1.54, 1.807) is 0 Å². The Labute approximate surface area is 396 Å². The zero-order valence-electron chi connectivity index (χ0n) is 32.6. The van der Waals surface area contributed by atoms with Crippen molar-refractivity contribution in [3.05, 3.63) is 0 Å². The molecule has 26 nitrogen and oxygen atoms in total. The van der Waals surface area contributed by atoms with Crippen molar-refractivity contribution in [3.63, 3.8) is 0 Å². The predicted molar refractivity (Wildman–Crippen MR) is 194 cm³/mol.